The monoisotopic (exact) mass is 233 g/mol. The number of thioether (sulfide) groups is 1. The molecule has 1 aliphatic rings. The molecule has 0 amide bonds. The maximum atomic E-state index is 4.09. The largest absolute Gasteiger partial charge is 0.314 e. The van der Waals surface area contributed by atoms with Crippen LogP contribution in [0.5, 0.6) is 0 Å². The number of nitrogens with one attached hydrogen (secondary N) is 1. The minimum absolute atomic E-state index is 0.287. The van der Waals surface area contributed by atoms with Gasteiger partial charge in [-0.1, -0.05) is 11.8 Å². The van der Waals surface area contributed by atoms with Crippen molar-refractivity contribution in [1.29, 1.82) is 0 Å². The van der Waals surface area contributed by atoms with Crippen LogP contribution in [-0.4, -0.2) is 25.6 Å². The number of hydrogen-bond donors (Lipinski definition) is 1. The molecule has 3 heterocycles. The molecule has 0 saturated heterocycles. The average Bonchev–Trinajstić information content (AvgIpc) is 2.72. The molecule has 1 atom stereocenters. The normalized spacial score (nSPS) is 18.9. The van der Waals surface area contributed by atoms with Crippen molar-refractivity contribution in [3.05, 3.63) is 35.9 Å². The summed E-state index contributed by atoms with van der Waals surface area (Å²) in [4.78, 5) is 4.03. The number of fused-ring (bicyclic) bond motifs is 1. The van der Waals surface area contributed by atoms with Crippen LogP contribution in [0.15, 0.2) is 29.7 Å². The predicted molar refractivity (Wildman–Crippen MR) is 61.8 cm³/mol. The molecule has 2 aromatic rings. The summed E-state index contributed by atoms with van der Waals surface area (Å²) in [7, 11) is 0. The molecule has 5 nitrogen and oxygen atoms in total. The van der Waals surface area contributed by atoms with E-state index in [1.54, 1.807) is 11.8 Å². The second kappa shape index (κ2) is 3.79. The Morgan fingerprint density at radius 2 is 2.19 bits per heavy atom. The van der Waals surface area contributed by atoms with E-state index in [0.29, 0.717) is 0 Å². The van der Waals surface area contributed by atoms with Crippen LogP contribution in [-0.2, 0) is 0 Å². The maximum Gasteiger partial charge on any atom is 0.210 e. The molecule has 0 radical (unpaired) electrons. The average molecular weight is 233 g/mol. The zero-order valence-corrected chi connectivity index (χ0v) is 9.61. The molecule has 0 aliphatic carbocycles. The van der Waals surface area contributed by atoms with E-state index < -0.39 is 0 Å². The van der Waals surface area contributed by atoms with E-state index in [9.17, 15) is 0 Å². The van der Waals surface area contributed by atoms with E-state index in [1.165, 1.54) is 5.56 Å². The van der Waals surface area contributed by atoms with Gasteiger partial charge in [0.25, 0.3) is 0 Å². The van der Waals surface area contributed by atoms with Gasteiger partial charge in [0, 0.05) is 18.1 Å². The number of aromatic nitrogens is 4. The lowest BCUT2D eigenvalue weighted by Gasteiger charge is -2.25. The fraction of sp³-hybridized carbons (Fsp3) is 0.300. The second-order valence-corrected chi connectivity index (χ2v) is 4.63. The fourth-order valence-electron chi connectivity index (χ4n) is 1.70. The van der Waals surface area contributed by atoms with Crippen LogP contribution < -0.4 is 5.43 Å². The molecule has 0 bridgehead atoms. The van der Waals surface area contributed by atoms with Crippen LogP contribution in [0.25, 0.3) is 0 Å². The molecule has 82 valence electrons. The van der Waals surface area contributed by atoms with Gasteiger partial charge < -0.3 is 5.43 Å². The van der Waals surface area contributed by atoms with Crippen molar-refractivity contribution in [1.82, 2.24) is 19.9 Å². The molecular weight excluding hydrogens is 222 g/mol. The lowest BCUT2D eigenvalue weighted by atomic mass is 10.1. The molecule has 1 N–H and O–H groups in total. The number of rotatable bonds is 1. The molecule has 3 rings (SSSR count). The van der Waals surface area contributed by atoms with E-state index in [1.807, 2.05) is 36.1 Å². The highest BCUT2D eigenvalue weighted by Gasteiger charge is 2.22. The standard InChI is InChI=1S/C10H11N5S/c1-7-12-13-10-15(7)14-9(6-16-10)8-2-4-11-5-3-8/h2-5,9,14H,6H2,1H3. The topological polar surface area (TPSA) is 55.6 Å². The predicted octanol–water partition coefficient (Wildman–Crippen LogP) is 1.37. The Morgan fingerprint density at radius 1 is 1.38 bits per heavy atom. The first-order valence-corrected chi connectivity index (χ1v) is 6.04. The van der Waals surface area contributed by atoms with Crippen molar-refractivity contribution in [2.75, 3.05) is 11.2 Å². The number of aryl methyl sites for hydroxylation is 1. The summed E-state index contributed by atoms with van der Waals surface area (Å²) in [6.45, 7) is 1.94. The third-order valence-electron chi connectivity index (χ3n) is 2.57. The van der Waals surface area contributed by atoms with Gasteiger partial charge in [-0.3, -0.25) is 4.98 Å². The van der Waals surface area contributed by atoms with Gasteiger partial charge >= 0.3 is 0 Å². The lowest BCUT2D eigenvalue weighted by molar-refractivity contribution is 0.645. The number of hydrogen-bond acceptors (Lipinski definition) is 5. The molecule has 16 heavy (non-hydrogen) atoms. The van der Waals surface area contributed by atoms with E-state index in [4.69, 9.17) is 0 Å². The molecule has 1 aliphatic heterocycles. The smallest absolute Gasteiger partial charge is 0.210 e. The zero-order valence-electron chi connectivity index (χ0n) is 8.79. The lowest BCUT2D eigenvalue weighted by Crippen LogP contribution is -2.28. The molecule has 0 fully saturated rings. The maximum absolute atomic E-state index is 4.09. The first-order chi connectivity index (χ1) is 7.84. The minimum Gasteiger partial charge on any atom is -0.314 e. The summed E-state index contributed by atoms with van der Waals surface area (Å²) in [6.07, 6.45) is 3.63. The quantitative estimate of drug-likeness (QED) is 0.806. The van der Waals surface area contributed by atoms with Crippen molar-refractivity contribution in [3.63, 3.8) is 0 Å². The first kappa shape index (κ1) is 9.65. The Kier molecular flexibility index (Phi) is 2.28. The SMILES string of the molecule is Cc1nnc2n1NC(c1ccncc1)CS2. The van der Waals surface area contributed by atoms with Crippen LogP contribution in [0.3, 0.4) is 0 Å². The van der Waals surface area contributed by atoms with Gasteiger partial charge in [-0.2, -0.15) is 0 Å². The Balaban J connectivity index is 1.90. The van der Waals surface area contributed by atoms with Gasteiger partial charge in [-0.25, -0.2) is 4.68 Å². The fourth-order valence-corrected chi connectivity index (χ4v) is 2.70. The molecular formula is C10H11N5S. The summed E-state index contributed by atoms with van der Waals surface area (Å²) >= 11 is 1.72. The Hall–Kier alpha value is -1.56. The van der Waals surface area contributed by atoms with Crippen LogP contribution >= 0.6 is 11.8 Å². The van der Waals surface area contributed by atoms with Crippen molar-refractivity contribution >= 4 is 11.8 Å². The third-order valence-corrected chi connectivity index (χ3v) is 3.59. The van der Waals surface area contributed by atoms with Gasteiger partial charge in [0.1, 0.15) is 5.82 Å². The molecule has 0 aromatic carbocycles. The van der Waals surface area contributed by atoms with Crippen molar-refractivity contribution in [2.24, 2.45) is 0 Å². The third kappa shape index (κ3) is 1.55. The Morgan fingerprint density at radius 3 is 3.00 bits per heavy atom. The van der Waals surface area contributed by atoms with E-state index in [0.717, 1.165) is 16.7 Å². The summed E-state index contributed by atoms with van der Waals surface area (Å²) in [5.41, 5.74) is 4.64. The summed E-state index contributed by atoms with van der Waals surface area (Å²) in [6, 6.07) is 4.35. The summed E-state index contributed by atoms with van der Waals surface area (Å²) in [5.74, 6) is 1.85. The van der Waals surface area contributed by atoms with Crippen LogP contribution in [0.1, 0.15) is 17.4 Å². The first-order valence-electron chi connectivity index (χ1n) is 5.06. The molecule has 2 aromatic heterocycles. The molecule has 1 unspecified atom stereocenters. The number of pyridine rings is 1. The van der Waals surface area contributed by atoms with Gasteiger partial charge in [0.2, 0.25) is 5.16 Å². The van der Waals surface area contributed by atoms with E-state index in [-0.39, 0.29) is 6.04 Å². The van der Waals surface area contributed by atoms with Crippen LogP contribution in [0, 0.1) is 6.92 Å². The van der Waals surface area contributed by atoms with Crippen LogP contribution in [0.4, 0.5) is 0 Å². The molecule has 0 saturated carbocycles. The minimum atomic E-state index is 0.287. The van der Waals surface area contributed by atoms with E-state index in [2.05, 4.69) is 20.6 Å². The van der Waals surface area contributed by atoms with Gasteiger partial charge in [-0.15, -0.1) is 10.2 Å². The Labute approximate surface area is 97.3 Å². The van der Waals surface area contributed by atoms with Crippen molar-refractivity contribution in [3.8, 4) is 0 Å². The summed E-state index contributed by atoms with van der Waals surface area (Å²) < 4.78 is 1.94. The highest BCUT2D eigenvalue weighted by Crippen LogP contribution is 2.29. The number of nitrogens with zero attached hydrogens (tertiary/aromatic N) is 4. The molecule has 6 heteroatoms. The van der Waals surface area contributed by atoms with Crippen molar-refractivity contribution < 1.29 is 0 Å². The second-order valence-electron chi connectivity index (χ2n) is 3.64. The summed E-state index contributed by atoms with van der Waals surface area (Å²) in [5, 5.41) is 9.06. The van der Waals surface area contributed by atoms with Gasteiger partial charge in [-0.05, 0) is 24.6 Å². The Bertz CT molecular complexity index is 495. The van der Waals surface area contributed by atoms with Crippen LogP contribution in [0.2, 0.25) is 0 Å². The van der Waals surface area contributed by atoms with Gasteiger partial charge in [0.05, 0.1) is 6.04 Å². The highest BCUT2D eigenvalue weighted by atomic mass is 32.2. The zero-order chi connectivity index (χ0) is 11.0. The van der Waals surface area contributed by atoms with Gasteiger partial charge in [0.15, 0.2) is 0 Å². The van der Waals surface area contributed by atoms with Crippen molar-refractivity contribution in [2.45, 2.75) is 18.1 Å². The van der Waals surface area contributed by atoms with E-state index >= 15 is 0 Å². The molecule has 0 spiro atoms. The highest BCUT2D eigenvalue weighted by molar-refractivity contribution is 7.99.